The number of rotatable bonds is 7. The zero-order valence-corrected chi connectivity index (χ0v) is 20.6. The van der Waals surface area contributed by atoms with Crippen molar-refractivity contribution in [1.29, 1.82) is 0 Å². The van der Waals surface area contributed by atoms with Crippen LogP contribution >= 0.6 is 0 Å². The highest BCUT2D eigenvalue weighted by Gasteiger charge is 2.43. The van der Waals surface area contributed by atoms with E-state index in [1.54, 1.807) is 41.3 Å². The van der Waals surface area contributed by atoms with Crippen molar-refractivity contribution >= 4 is 12.1 Å². The zero-order valence-electron chi connectivity index (χ0n) is 20.6. The van der Waals surface area contributed by atoms with E-state index in [-0.39, 0.29) is 24.2 Å². The number of urea groups is 1. The van der Waals surface area contributed by atoms with Crippen LogP contribution in [0.5, 0.6) is 0 Å². The van der Waals surface area contributed by atoms with Crippen LogP contribution in [-0.4, -0.2) is 37.2 Å². The fourth-order valence-corrected chi connectivity index (χ4v) is 4.61. The van der Waals surface area contributed by atoms with Gasteiger partial charge in [0.1, 0.15) is 23.1 Å². The molecular weight excluding hydrogens is 483 g/mol. The van der Waals surface area contributed by atoms with E-state index in [9.17, 15) is 22.8 Å². The van der Waals surface area contributed by atoms with Crippen molar-refractivity contribution in [1.82, 2.24) is 15.5 Å². The molecule has 1 aliphatic heterocycles. The quantitative estimate of drug-likeness (QED) is 0.416. The molecule has 37 heavy (non-hydrogen) atoms. The van der Waals surface area contributed by atoms with Crippen LogP contribution in [0.3, 0.4) is 0 Å². The van der Waals surface area contributed by atoms with Crippen LogP contribution in [0.4, 0.5) is 22.8 Å². The van der Waals surface area contributed by atoms with Gasteiger partial charge in [-0.3, -0.25) is 0 Å². The van der Waals surface area contributed by atoms with Gasteiger partial charge in [-0.15, -0.1) is 0 Å². The molecule has 0 aliphatic carbocycles. The number of nitrogens with one attached hydrogen (secondary N) is 2. The smallest absolute Gasteiger partial charge is 0.411 e. The van der Waals surface area contributed by atoms with Gasteiger partial charge in [-0.05, 0) is 47.9 Å². The van der Waals surface area contributed by atoms with Crippen molar-refractivity contribution in [3.63, 3.8) is 0 Å². The first-order valence-corrected chi connectivity index (χ1v) is 12.0. The summed E-state index contributed by atoms with van der Waals surface area (Å²) in [6.07, 6.45) is 0.220. The number of hydrogen-bond acceptors (Lipinski definition) is 3. The summed E-state index contributed by atoms with van der Waals surface area (Å²) in [6.45, 7) is 2.49. The molecule has 1 fully saturated rings. The summed E-state index contributed by atoms with van der Waals surface area (Å²) in [7, 11) is 1.51. The molecule has 0 saturated carbocycles. The maximum absolute atomic E-state index is 14.2. The number of hydrogen-bond donors (Lipinski definition) is 2. The first-order valence-electron chi connectivity index (χ1n) is 12.0. The first-order chi connectivity index (χ1) is 17.7. The van der Waals surface area contributed by atoms with Crippen molar-refractivity contribution < 1.29 is 27.5 Å². The minimum absolute atomic E-state index is 0.251. The van der Waals surface area contributed by atoms with Crippen LogP contribution in [-0.2, 0) is 10.3 Å². The summed E-state index contributed by atoms with van der Waals surface area (Å²) in [6, 6.07) is 15.6. The second kappa shape index (κ2) is 10.9. The molecule has 3 aromatic rings. The molecule has 0 bridgehead atoms. The molecule has 0 radical (unpaired) electrons. The first kappa shape index (κ1) is 26.1. The van der Waals surface area contributed by atoms with Crippen LogP contribution < -0.4 is 10.6 Å². The molecule has 4 rings (SSSR count). The Bertz CT molecular complexity index is 1270. The van der Waals surface area contributed by atoms with Crippen molar-refractivity contribution in [3.8, 4) is 11.1 Å². The van der Waals surface area contributed by atoms with Gasteiger partial charge in [0.2, 0.25) is 0 Å². The largest absolute Gasteiger partial charge is 0.438 e. The van der Waals surface area contributed by atoms with Gasteiger partial charge in [0.05, 0.1) is 6.04 Å². The van der Waals surface area contributed by atoms with Gasteiger partial charge < -0.3 is 20.3 Å². The molecule has 9 heteroatoms. The molecule has 3 amide bonds. The van der Waals surface area contributed by atoms with E-state index in [1.807, 2.05) is 6.92 Å². The number of nitrogens with zero attached hydrogens (tertiary/aromatic N) is 1. The lowest BCUT2D eigenvalue weighted by Gasteiger charge is -2.43. The monoisotopic (exact) mass is 511 g/mol. The second-order valence-electron chi connectivity index (χ2n) is 8.99. The maximum Gasteiger partial charge on any atom is 0.411 e. The maximum atomic E-state index is 14.2. The molecular formula is C28H28F3N3O3. The SMILES string of the molecule is CNC(=O)NCCC1(c2ccc(F)cc2)CCN(C(C)c2ccc(-c3ccc(F)cc3F)cc2)C(=O)O1. The van der Waals surface area contributed by atoms with E-state index in [0.717, 1.165) is 11.6 Å². The highest BCUT2D eigenvalue weighted by atomic mass is 19.1. The number of carbonyl (C=O) groups is 2. The molecule has 0 aromatic heterocycles. The van der Waals surface area contributed by atoms with Crippen molar-refractivity contribution in [2.45, 2.75) is 31.4 Å². The third kappa shape index (κ3) is 5.71. The Hall–Kier alpha value is -4.01. The van der Waals surface area contributed by atoms with Crippen molar-refractivity contribution in [2.75, 3.05) is 20.1 Å². The van der Waals surface area contributed by atoms with Crippen LogP contribution in [0, 0.1) is 17.5 Å². The van der Waals surface area contributed by atoms with E-state index in [4.69, 9.17) is 4.74 Å². The topological polar surface area (TPSA) is 70.7 Å². The lowest BCUT2D eigenvalue weighted by Crippen LogP contribution is -2.50. The summed E-state index contributed by atoms with van der Waals surface area (Å²) in [5.74, 6) is -1.69. The standard InChI is InChI=1S/C28H28F3N3O3/c1-18(19-3-5-20(6-4-19)24-12-11-23(30)17-25(24)31)34-16-14-28(37-27(34)36,13-15-33-26(35)32-2)21-7-9-22(29)10-8-21/h3-12,17-18H,13-16H2,1-2H3,(H2,32,33,35). The fourth-order valence-electron chi connectivity index (χ4n) is 4.61. The van der Waals surface area contributed by atoms with E-state index in [1.165, 1.54) is 31.3 Å². The summed E-state index contributed by atoms with van der Waals surface area (Å²) < 4.78 is 47.0. The van der Waals surface area contributed by atoms with Gasteiger partial charge in [0.15, 0.2) is 0 Å². The zero-order chi connectivity index (χ0) is 26.6. The van der Waals surface area contributed by atoms with Gasteiger partial charge in [0.25, 0.3) is 0 Å². The van der Waals surface area contributed by atoms with Gasteiger partial charge >= 0.3 is 12.1 Å². The molecule has 1 saturated heterocycles. The lowest BCUT2D eigenvalue weighted by atomic mass is 9.85. The molecule has 194 valence electrons. The Morgan fingerprint density at radius 3 is 2.32 bits per heavy atom. The summed E-state index contributed by atoms with van der Waals surface area (Å²) >= 11 is 0. The van der Waals surface area contributed by atoms with E-state index >= 15 is 0 Å². The van der Waals surface area contributed by atoms with E-state index in [2.05, 4.69) is 10.6 Å². The predicted octanol–water partition coefficient (Wildman–Crippen LogP) is 5.89. The number of cyclic esters (lactones) is 1. The molecule has 6 nitrogen and oxygen atoms in total. The predicted molar refractivity (Wildman–Crippen MR) is 133 cm³/mol. The average molecular weight is 512 g/mol. The summed E-state index contributed by atoms with van der Waals surface area (Å²) in [4.78, 5) is 26.5. The van der Waals surface area contributed by atoms with Crippen LogP contribution in [0.25, 0.3) is 11.1 Å². The van der Waals surface area contributed by atoms with Gasteiger partial charge in [0, 0.05) is 44.6 Å². The molecule has 2 unspecified atom stereocenters. The van der Waals surface area contributed by atoms with Crippen LogP contribution in [0.1, 0.15) is 36.9 Å². The Labute approximate surface area is 213 Å². The number of carbonyl (C=O) groups excluding carboxylic acids is 2. The Kier molecular flexibility index (Phi) is 7.71. The van der Waals surface area contributed by atoms with Crippen molar-refractivity contribution in [3.05, 3.63) is 95.3 Å². The molecule has 2 N–H and O–H groups in total. The molecule has 3 aromatic carbocycles. The third-order valence-electron chi connectivity index (χ3n) is 6.79. The summed E-state index contributed by atoms with van der Waals surface area (Å²) in [5.41, 5.74) is 1.32. The van der Waals surface area contributed by atoms with Gasteiger partial charge in [-0.2, -0.15) is 0 Å². The minimum Gasteiger partial charge on any atom is -0.438 e. The highest BCUT2D eigenvalue weighted by molar-refractivity contribution is 5.73. The van der Waals surface area contributed by atoms with Gasteiger partial charge in [-0.1, -0.05) is 36.4 Å². The molecule has 1 heterocycles. The number of amides is 3. The molecule has 1 aliphatic rings. The highest BCUT2D eigenvalue weighted by Crippen LogP contribution is 2.39. The normalized spacial score (nSPS) is 18.2. The Morgan fingerprint density at radius 2 is 1.70 bits per heavy atom. The Morgan fingerprint density at radius 1 is 1.03 bits per heavy atom. The number of halogens is 3. The van der Waals surface area contributed by atoms with Gasteiger partial charge in [-0.25, -0.2) is 22.8 Å². The molecule has 2 atom stereocenters. The fraction of sp³-hybridized carbons (Fsp3) is 0.286. The third-order valence-corrected chi connectivity index (χ3v) is 6.79. The Balaban J connectivity index is 1.51. The van der Waals surface area contributed by atoms with Crippen molar-refractivity contribution in [2.24, 2.45) is 0 Å². The van der Waals surface area contributed by atoms with Crippen LogP contribution in [0.15, 0.2) is 66.7 Å². The molecule has 0 spiro atoms. The van der Waals surface area contributed by atoms with Crippen LogP contribution in [0.2, 0.25) is 0 Å². The van der Waals surface area contributed by atoms with E-state index in [0.29, 0.717) is 30.5 Å². The average Bonchev–Trinajstić information content (AvgIpc) is 2.89. The summed E-state index contributed by atoms with van der Waals surface area (Å²) in [5, 5.41) is 5.19. The second-order valence-corrected chi connectivity index (χ2v) is 8.99. The number of benzene rings is 3. The lowest BCUT2D eigenvalue weighted by molar-refractivity contribution is -0.0646. The van der Waals surface area contributed by atoms with E-state index < -0.39 is 29.1 Å². The number of ether oxygens (including phenoxy) is 1. The minimum atomic E-state index is -1.02.